The fraction of sp³-hybridized carbons (Fsp3) is 0.286. The highest BCUT2D eigenvalue weighted by molar-refractivity contribution is 5.77. The predicted molar refractivity (Wildman–Crippen MR) is 77.3 cm³/mol. The minimum Gasteiger partial charge on any atom is -0.490 e. The van der Waals surface area contributed by atoms with Crippen LogP contribution >= 0.6 is 0 Å². The molecule has 0 unspecified atom stereocenters. The molecule has 0 saturated heterocycles. The van der Waals surface area contributed by atoms with E-state index in [2.05, 4.69) is 15.3 Å². The first-order valence-electron chi connectivity index (χ1n) is 6.63. The van der Waals surface area contributed by atoms with Gasteiger partial charge in [0, 0.05) is 12.6 Å². The van der Waals surface area contributed by atoms with Gasteiger partial charge in [0.1, 0.15) is 12.1 Å². The van der Waals surface area contributed by atoms with Crippen molar-refractivity contribution >= 4 is 11.5 Å². The van der Waals surface area contributed by atoms with Gasteiger partial charge in [0.2, 0.25) is 5.82 Å². The van der Waals surface area contributed by atoms with E-state index in [9.17, 15) is 10.1 Å². The molecule has 0 amide bonds. The van der Waals surface area contributed by atoms with Crippen LogP contribution in [0.15, 0.2) is 30.6 Å². The van der Waals surface area contributed by atoms with E-state index in [1.54, 1.807) is 25.2 Å². The van der Waals surface area contributed by atoms with Crippen molar-refractivity contribution < 1.29 is 9.66 Å². The normalized spacial score (nSPS) is 13.8. The topological polar surface area (TPSA) is 90.2 Å². The minimum absolute atomic E-state index is 0.136. The molecule has 0 aliphatic heterocycles. The lowest BCUT2D eigenvalue weighted by molar-refractivity contribution is -0.383. The first-order chi connectivity index (χ1) is 10.2. The lowest BCUT2D eigenvalue weighted by Crippen LogP contribution is -2.03. The van der Waals surface area contributed by atoms with Crippen LogP contribution in [0.1, 0.15) is 12.8 Å². The summed E-state index contributed by atoms with van der Waals surface area (Å²) in [6, 6.07) is 7.19. The molecule has 7 nitrogen and oxygen atoms in total. The molecule has 21 heavy (non-hydrogen) atoms. The van der Waals surface area contributed by atoms with Crippen LogP contribution in [0.5, 0.6) is 5.75 Å². The molecule has 1 aromatic carbocycles. The van der Waals surface area contributed by atoms with Gasteiger partial charge in [-0.3, -0.25) is 10.1 Å². The van der Waals surface area contributed by atoms with Gasteiger partial charge < -0.3 is 10.1 Å². The van der Waals surface area contributed by atoms with Crippen molar-refractivity contribution in [2.75, 3.05) is 12.4 Å². The van der Waals surface area contributed by atoms with E-state index in [0.717, 1.165) is 12.8 Å². The summed E-state index contributed by atoms with van der Waals surface area (Å²) in [5.74, 6) is 0.896. The number of nitrogens with one attached hydrogen (secondary N) is 1. The van der Waals surface area contributed by atoms with Crippen LogP contribution in [-0.2, 0) is 0 Å². The largest absolute Gasteiger partial charge is 0.490 e. The molecular formula is C14H14N4O3. The van der Waals surface area contributed by atoms with Crippen molar-refractivity contribution in [1.29, 1.82) is 0 Å². The average molecular weight is 286 g/mol. The van der Waals surface area contributed by atoms with E-state index in [0.29, 0.717) is 11.3 Å². The second-order valence-corrected chi connectivity index (χ2v) is 4.77. The zero-order valence-electron chi connectivity index (χ0n) is 11.4. The summed E-state index contributed by atoms with van der Waals surface area (Å²) >= 11 is 0. The van der Waals surface area contributed by atoms with E-state index in [1.165, 1.54) is 6.33 Å². The molecule has 1 aliphatic carbocycles. The van der Waals surface area contributed by atoms with Crippen molar-refractivity contribution in [1.82, 2.24) is 9.97 Å². The third-order valence-corrected chi connectivity index (χ3v) is 3.18. The van der Waals surface area contributed by atoms with Gasteiger partial charge >= 0.3 is 5.69 Å². The Kier molecular flexibility index (Phi) is 3.39. The minimum atomic E-state index is -0.477. The first-order valence-corrected chi connectivity index (χ1v) is 6.63. The van der Waals surface area contributed by atoms with Crippen LogP contribution in [0.4, 0.5) is 11.5 Å². The second-order valence-electron chi connectivity index (χ2n) is 4.77. The number of benzene rings is 1. The molecule has 0 radical (unpaired) electrons. The number of aromatic nitrogens is 2. The van der Waals surface area contributed by atoms with Crippen molar-refractivity contribution in [2.24, 2.45) is 0 Å². The van der Waals surface area contributed by atoms with Crippen LogP contribution < -0.4 is 10.1 Å². The second kappa shape index (κ2) is 5.35. The summed E-state index contributed by atoms with van der Waals surface area (Å²) in [6.07, 6.45) is 3.69. The number of anilines is 1. The molecule has 108 valence electrons. The van der Waals surface area contributed by atoms with E-state index >= 15 is 0 Å². The van der Waals surface area contributed by atoms with Crippen LogP contribution in [0.25, 0.3) is 11.3 Å². The molecule has 7 heteroatoms. The molecule has 0 bridgehead atoms. The summed E-state index contributed by atoms with van der Waals surface area (Å²) in [7, 11) is 1.59. The molecule has 1 fully saturated rings. The third kappa shape index (κ3) is 2.76. The van der Waals surface area contributed by atoms with Gasteiger partial charge in [0.15, 0.2) is 5.69 Å². The Morgan fingerprint density at radius 2 is 2.19 bits per heavy atom. The van der Waals surface area contributed by atoms with E-state index in [-0.39, 0.29) is 23.3 Å². The van der Waals surface area contributed by atoms with Gasteiger partial charge in [-0.25, -0.2) is 9.97 Å². The highest BCUT2D eigenvalue weighted by Crippen LogP contribution is 2.35. The lowest BCUT2D eigenvalue weighted by atomic mass is 10.1. The zero-order valence-corrected chi connectivity index (χ0v) is 11.4. The van der Waals surface area contributed by atoms with Crippen molar-refractivity contribution in [2.45, 2.75) is 18.9 Å². The van der Waals surface area contributed by atoms with Crippen LogP contribution in [-0.4, -0.2) is 28.0 Å². The quantitative estimate of drug-likeness (QED) is 0.671. The Hall–Kier alpha value is -2.70. The maximum absolute atomic E-state index is 11.3. The Labute approximate surface area is 121 Å². The monoisotopic (exact) mass is 286 g/mol. The van der Waals surface area contributed by atoms with Crippen molar-refractivity contribution in [3.05, 3.63) is 40.7 Å². The SMILES string of the molecule is CNc1ncnc(-c2cccc(OC3CC3)c2)c1[N+](=O)[O-]. The van der Waals surface area contributed by atoms with E-state index in [1.807, 2.05) is 6.07 Å². The zero-order chi connectivity index (χ0) is 14.8. The van der Waals surface area contributed by atoms with Gasteiger partial charge in [0.05, 0.1) is 11.0 Å². The van der Waals surface area contributed by atoms with Gasteiger partial charge in [0.25, 0.3) is 0 Å². The highest BCUT2D eigenvalue weighted by Gasteiger charge is 2.25. The number of hydrogen-bond donors (Lipinski definition) is 1. The Morgan fingerprint density at radius 1 is 1.38 bits per heavy atom. The molecule has 0 spiro atoms. The molecular weight excluding hydrogens is 272 g/mol. The number of nitrogens with zero attached hydrogens (tertiary/aromatic N) is 3. The van der Waals surface area contributed by atoms with E-state index in [4.69, 9.17) is 4.74 Å². The predicted octanol–water partition coefficient (Wildman–Crippen LogP) is 2.63. The van der Waals surface area contributed by atoms with Crippen LogP contribution in [0.3, 0.4) is 0 Å². The molecule has 1 heterocycles. The first kappa shape index (κ1) is 13.3. The standard InChI is InChI=1S/C14H14N4O3/c1-15-14-13(18(19)20)12(16-8-17-14)9-3-2-4-11(7-9)21-10-5-6-10/h2-4,7-8,10H,5-6H2,1H3,(H,15,16,17). The molecule has 2 aromatic rings. The van der Waals surface area contributed by atoms with Gasteiger partial charge in [-0.1, -0.05) is 12.1 Å². The third-order valence-electron chi connectivity index (χ3n) is 3.18. The summed E-state index contributed by atoms with van der Waals surface area (Å²) in [4.78, 5) is 18.8. The fourth-order valence-electron chi connectivity index (χ4n) is 2.04. The number of nitro groups is 1. The van der Waals surface area contributed by atoms with Crippen molar-refractivity contribution in [3.63, 3.8) is 0 Å². The fourth-order valence-corrected chi connectivity index (χ4v) is 2.04. The molecule has 1 aliphatic rings. The summed E-state index contributed by atoms with van der Waals surface area (Å²) in [5.41, 5.74) is 0.780. The Balaban J connectivity index is 2.04. The van der Waals surface area contributed by atoms with Crippen LogP contribution in [0, 0.1) is 10.1 Å². The van der Waals surface area contributed by atoms with Crippen molar-refractivity contribution in [3.8, 4) is 17.0 Å². The van der Waals surface area contributed by atoms with Gasteiger partial charge in [-0.05, 0) is 25.0 Å². The summed E-state index contributed by atoms with van der Waals surface area (Å²) in [5, 5.41) is 14.0. The molecule has 3 rings (SSSR count). The molecule has 1 N–H and O–H groups in total. The number of hydrogen-bond acceptors (Lipinski definition) is 6. The average Bonchev–Trinajstić information content (AvgIpc) is 3.30. The lowest BCUT2D eigenvalue weighted by Gasteiger charge is -2.08. The van der Waals surface area contributed by atoms with Crippen LogP contribution in [0.2, 0.25) is 0 Å². The highest BCUT2D eigenvalue weighted by atomic mass is 16.6. The summed E-state index contributed by atoms with van der Waals surface area (Å²) < 4.78 is 5.72. The Morgan fingerprint density at radius 3 is 2.86 bits per heavy atom. The molecule has 1 saturated carbocycles. The molecule has 0 atom stereocenters. The number of rotatable bonds is 5. The smallest absolute Gasteiger partial charge is 0.337 e. The Bertz CT molecular complexity index is 686. The summed E-state index contributed by atoms with van der Waals surface area (Å²) in [6.45, 7) is 0. The maximum atomic E-state index is 11.3. The van der Waals surface area contributed by atoms with Gasteiger partial charge in [-0.15, -0.1) is 0 Å². The maximum Gasteiger partial charge on any atom is 0.337 e. The van der Waals surface area contributed by atoms with Gasteiger partial charge in [-0.2, -0.15) is 0 Å². The number of ether oxygens (including phenoxy) is 1. The molecule has 1 aromatic heterocycles. The van der Waals surface area contributed by atoms with E-state index < -0.39 is 4.92 Å².